The van der Waals surface area contributed by atoms with Gasteiger partial charge in [-0.3, -0.25) is 0 Å². The van der Waals surface area contributed by atoms with Gasteiger partial charge >= 0.3 is 0 Å². The zero-order valence-electron chi connectivity index (χ0n) is 11.1. The maximum Gasteiger partial charge on any atom is 0.107 e. The van der Waals surface area contributed by atoms with Crippen LogP contribution in [-0.2, 0) is 26.1 Å². The van der Waals surface area contributed by atoms with E-state index < -0.39 is 0 Å². The van der Waals surface area contributed by atoms with Crippen LogP contribution in [0.3, 0.4) is 0 Å². The number of hydrogen-bond donors (Lipinski definition) is 1. The average molecular weight is 263 g/mol. The Morgan fingerprint density at radius 3 is 2.94 bits per heavy atom. The van der Waals surface area contributed by atoms with Crippen LogP contribution < -0.4 is 5.32 Å². The molecule has 0 spiro atoms. The molecule has 0 bridgehead atoms. The minimum atomic E-state index is 0.863. The van der Waals surface area contributed by atoms with Gasteiger partial charge in [0, 0.05) is 42.6 Å². The van der Waals surface area contributed by atoms with Gasteiger partial charge in [-0.1, -0.05) is 13.8 Å². The van der Waals surface area contributed by atoms with Crippen LogP contribution in [0.4, 0.5) is 0 Å². The molecule has 0 fully saturated rings. The van der Waals surface area contributed by atoms with E-state index in [0.717, 1.165) is 26.1 Å². The van der Waals surface area contributed by atoms with E-state index in [1.807, 2.05) is 6.20 Å². The first-order valence-electron chi connectivity index (χ1n) is 6.61. The predicted octanol–water partition coefficient (Wildman–Crippen LogP) is 3.21. The lowest BCUT2D eigenvalue weighted by Crippen LogP contribution is -2.15. The average Bonchev–Trinajstić information content (AvgIpc) is 3.00. The first-order valence-corrected chi connectivity index (χ1v) is 7.43. The van der Waals surface area contributed by atoms with Crippen LogP contribution >= 0.6 is 11.3 Å². The van der Waals surface area contributed by atoms with Crippen molar-refractivity contribution in [3.8, 4) is 0 Å². The summed E-state index contributed by atoms with van der Waals surface area (Å²) in [4.78, 5) is 5.78. The molecule has 0 aliphatic heterocycles. The van der Waals surface area contributed by atoms with E-state index in [1.54, 1.807) is 11.3 Å². The minimum Gasteiger partial charge on any atom is -0.350 e. The molecule has 2 heterocycles. The van der Waals surface area contributed by atoms with E-state index in [4.69, 9.17) is 0 Å². The van der Waals surface area contributed by atoms with Crippen molar-refractivity contribution in [3.05, 3.63) is 40.1 Å². The Bertz CT molecular complexity index is 473. The maximum atomic E-state index is 4.41. The van der Waals surface area contributed by atoms with Gasteiger partial charge in [0.15, 0.2) is 0 Å². The first-order chi connectivity index (χ1) is 8.83. The molecule has 0 atom stereocenters. The number of aromatic nitrogens is 2. The third-order valence-corrected chi connectivity index (χ3v) is 4.06. The number of aryl methyl sites for hydroxylation is 2. The van der Waals surface area contributed by atoms with Crippen molar-refractivity contribution in [3.63, 3.8) is 0 Å². The molecule has 2 rings (SSSR count). The number of thiazole rings is 1. The van der Waals surface area contributed by atoms with Crippen molar-refractivity contribution in [2.75, 3.05) is 0 Å². The quantitative estimate of drug-likeness (QED) is 0.831. The van der Waals surface area contributed by atoms with Gasteiger partial charge in [-0.05, 0) is 25.0 Å². The van der Waals surface area contributed by atoms with E-state index in [1.165, 1.54) is 22.0 Å². The first kappa shape index (κ1) is 13.3. The highest BCUT2D eigenvalue weighted by Gasteiger charge is 2.02. The summed E-state index contributed by atoms with van der Waals surface area (Å²) >= 11 is 1.80. The van der Waals surface area contributed by atoms with Gasteiger partial charge < -0.3 is 9.88 Å². The second kappa shape index (κ2) is 6.71. The maximum absolute atomic E-state index is 4.41. The van der Waals surface area contributed by atoms with Gasteiger partial charge in [-0.15, -0.1) is 11.3 Å². The van der Waals surface area contributed by atoms with Crippen molar-refractivity contribution < 1.29 is 0 Å². The number of rotatable bonds is 7. The van der Waals surface area contributed by atoms with E-state index in [-0.39, 0.29) is 0 Å². The van der Waals surface area contributed by atoms with Gasteiger partial charge in [0.1, 0.15) is 5.01 Å². The Kier molecular flexibility index (Phi) is 4.96. The molecular formula is C14H21N3S. The zero-order valence-corrected chi connectivity index (χ0v) is 12.0. The monoisotopic (exact) mass is 263 g/mol. The highest BCUT2D eigenvalue weighted by Crippen LogP contribution is 2.13. The molecule has 2 aromatic rings. The molecule has 0 amide bonds. The number of nitrogens with zero attached hydrogens (tertiary/aromatic N) is 2. The SMILES string of the molecule is CCCn1cccc1CNCc1ncc(CC)s1. The van der Waals surface area contributed by atoms with E-state index in [0.29, 0.717) is 0 Å². The molecule has 0 saturated carbocycles. The van der Waals surface area contributed by atoms with Crippen LogP contribution in [0.1, 0.15) is 35.8 Å². The lowest BCUT2D eigenvalue weighted by Gasteiger charge is -2.08. The Morgan fingerprint density at radius 1 is 1.33 bits per heavy atom. The summed E-state index contributed by atoms with van der Waals surface area (Å²) in [6.45, 7) is 7.25. The lowest BCUT2D eigenvalue weighted by molar-refractivity contribution is 0.601. The van der Waals surface area contributed by atoms with Crippen LogP contribution in [0.15, 0.2) is 24.5 Å². The standard InChI is InChI=1S/C14H21N3S/c1-3-7-17-8-5-6-12(17)9-15-11-14-16-10-13(4-2)18-14/h5-6,8,10,15H,3-4,7,9,11H2,1-2H3. The molecule has 0 radical (unpaired) electrons. The van der Waals surface area contributed by atoms with Gasteiger partial charge in [0.25, 0.3) is 0 Å². The molecule has 0 aromatic carbocycles. The van der Waals surface area contributed by atoms with Crippen molar-refractivity contribution in [2.24, 2.45) is 0 Å². The summed E-state index contributed by atoms with van der Waals surface area (Å²) in [5.74, 6) is 0. The summed E-state index contributed by atoms with van der Waals surface area (Å²) in [6, 6.07) is 4.30. The van der Waals surface area contributed by atoms with Crippen molar-refractivity contribution >= 4 is 11.3 Å². The number of hydrogen-bond acceptors (Lipinski definition) is 3. The van der Waals surface area contributed by atoms with Crippen LogP contribution in [0.25, 0.3) is 0 Å². The van der Waals surface area contributed by atoms with Crippen molar-refractivity contribution in [2.45, 2.75) is 46.3 Å². The molecule has 0 aliphatic rings. The smallest absolute Gasteiger partial charge is 0.107 e. The van der Waals surface area contributed by atoms with Gasteiger partial charge in [-0.25, -0.2) is 4.98 Å². The summed E-state index contributed by atoms with van der Waals surface area (Å²) < 4.78 is 2.31. The van der Waals surface area contributed by atoms with Crippen LogP contribution in [0.2, 0.25) is 0 Å². The molecule has 98 valence electrons. The zero-order chi connectivity index (χ0) is 12.8. The van der Waals surface area contributed by atoms with Gasteiger partial charge in [-0.2, -0.15) is 0 Å². The molecule has 0 unspecified atom stereocenters. The summed E-state index contributed by atoms with van der Waals surface area (Å²) in [5, 5.41) is 4.65. The molecular weight excluding hydrogens is 242 g/mol. The molecule has 1 N–H and O–H groups in total. The third kappa shape index (κ3) is 3.43. The van der Waals surface area contributed by atoms with Gasteiger partial charge in [0.2, 0.25) is 0 Å². The largest absolute Gasteiger partial charge is 0.350 e. The van der Waals surface area contributed by atoms with E-state index in [2.05, 4.69) is 47.0 Å². The highest BCUT2D eigenvalue weighted by molar-refractivity contribution is 7.11. The Morgan fingerprint density at radius 2 is 2.22 bits per heavy atom. The lowest BCUT2D eigenvalue weighted by atomic mass is 10.4. The normalized spacial score (nSPS) is 11.0. The summed E-state index contributed by atoms with van der Waals surface area (Å²) in [5.41, 5.74) is 1.35. The highest BCUT2D eigenvalue weighted by atomic mass is 32.1. The summed E-state index contributed by atoms with van der Waals surface area (Å²) in [6.07, 6.45) is 6.39. The van der Waals surface area contributed by atoms with Crippen molar-refractivity contribution in [1.29, 1.82) is 0 Å². The van der Waals surface area contributed by atoms with Crippen LogP contribution in [0, 0.1) is 0 Å². The molecule has 0 aliphatic carbocycles. The fourth-order valence-corrected chi connectivity index (χ4v) is 2.79. The number of nitrogens with one attached hydrogen (secondary N) is 1. The minimum absolute atomic E-state index is 0.863. The van der Waals surface area contributed by atoms with E-state index in [9.17, 15) is 0 Å². The van der Waals surface area contributed by atoms with Crippen molar-refractivity contribution in [1.82, 2.24) is 14.9 Å². The molecule has 4 heteroatoms. The molecule has 2 aromatic heterocycles. The van der Waals surface area contributed by atoms with Crippen LogP contribution in [0.5, 0.6) is 0 Å². The predicted molar refractivity (Wildman–Crippen MR) is 76.8 cm³/mol. The Balaban J connectivity index is 1.82. The Hall–Kier alpha value is -1.13. The second-order valence-electron chi connectivity index (χ2n) is 4.37. The molecule has 18 heavy (non-hydrogen) atoms. The topological polar surface area (TPSA) is 29.9 Å². The Labute approximate surface area is 113 Å². The summed E-state index contributed by atoms with van der Waals surface area (Å²) in [7, 11) is 0. The van der Waals surface area contributed by atoms with Gasteiger partial charge in [0.05, 0.1) is 0 Å². The third-order valence-electron chi connectivity index (χ3n) is 2.92. The second-order valence-corrected chi connectivity index (χ2v) is 5.57. The fraction of sp³-hybridized carbons (Fsp3) is 0.500. The van der Waals surface area contributed by atoms with E-state index >= 15 is 0 Å². The molecule has 0 saturated heterocycles. The van der Waals surface area contributed by atoms with Crippen LogP contribution in [-0.4, -0.2) is 9.55 Å². The molecule has 3 nitrogen and oxygen atoms in total. The fourth-order valence-electron chi connectivity index (χ4n) is 1.96.